The molecule has 5 heteroatoms. The number of hydrogen-bond donors (Lipinski definition) is 2. The number of para-hydroxylation sites is 1. The molecule has 0 unspecified atom stereocenters. The van der Waals surface area contributed by atoms with Crippen LogP contribution >= 0.6 is 0 Å². The average Bonchev–Trinajstić information content (AvgIpc) is 3.21. The summed E-state index contributed by atoms with van der Waals surface area (Å²) in [6.07, 6.45) is 3.12. The number of rotatable bonds is 8. The van der Waals surface area contributed by atoms with Gasteiger partial charge in [-0.1, -0.05) is 18.2 Å². The van der Waals surface area contributed by atoms with E-state index in [0.29, 0.717) is 25.8 Å². The molecule has 2 N–H and O–H groups in total. The molecule has 3 rings (SSSR count). The topological polar surface area (TPSA) is 54.0 Å². The van der Waals surface area contributed by atoms with Gasteiger partial charge in [0.1, 0.15) is 0 Å². The molecule has 0 amide bonds. The van der Waals surface area contributed by atoms with Crippen LogP contribution in [0.2, 0.25) is 0 Å². The number of aliphatic hydroxyl groups is 1. The molecule has 0 aliphatic carbocycles. The zero-order chi connectivity index (χ0) is 15.9. The van der Waals surface area contributed by atoms with Crippen molar-refractivity contribution in [1.82, 2.24) is 4.90 Å². The van der Waals surface area contributed by atoms with E-state index >= 15 is 0 Å². The molecule has 128 valence electrons. The zero-order valence-electron chi connectivity index (χ0n) is 13.7. The Morgan fingerprint density at radius 1 is 1.30 bits per heavy atom. The SMILES string of the molecule is O[C@H](COC[C@H]1CCCO1)CN1CC[C@H](Nc2ccccc2)C1. The van der Waals surface area contributed by atoms with Gasteiger partial charge in [0.2, 0.25) is 0 Å². The van der Waals surface area contributed by atoms with E-state index in [4.69, 9.17) is 9.47 Å². The molecular formula is C18H28N2O3. The van der Waals surface area contributed by atoms with E-state index in [-0.39, 0.29) is 6.10 Å². The number of nitrogens with one attached hydrogen (secondary N) is 1. The van der Waals surface area contributed by atoms with Gasteiger partial charge in [0, 0.05) is 38.0 Å². The van der Waals surface area contributed by atoms with E-state index in [0.717, 1.165) is 39.0 Å². The molecule has 2 saturated heterocycles. The van der Waals surface area contributed by atoms with E-state index < -0.39 is 6.10 Å². The first-order chi connectivity index (χ1) is 11.3. The fourth-order valence-electron chi connectivity index (χ4n) is 3.35. The second-order valence-corrected chi connectivity index (χ2v) is 6.58. The summed E-state index contributed by atoms with van der Waals surface area (Å²) in [5.74, 6) is 0. The van der Waals surface area contributed by atoms with Gasteiger partial charge in [-0.25, -0.2) is 0 Å². The standard InChI is InChI=1S/C18H28N2O3/c21-17(13-22-14-18-7-4-10-23-18)12-20-9-8-16(11-20)19-15-5-2-1-3-6-15/h1-3,5-6,16-19,21H,4,7-14H2/t16-,17-,18+/m0/s1. The molecule has 23 heavy (non-hydrogen) atoms. The molecule has 0 radical (unpaired) electrons. The normalized spacial score (nSPS) is 26.5. The van der Waals surface area contributed by atoms with Gasteiger partial charge in [0.25, 0.3) is 0 Å². The van der Waals surface area contributed by atoms with Crippen LogP contribution in [0.4, 0.5) is 5.69 Å². The number of nitrogens with zero attached hydrogens (tertiary/aromatic N) is 1. The Kier molecular flexibility index (Phi) is 6.28. The molecule has 2 fully saturated rings. The first kappa shape index (κ1) is 16.7. The van der Waals surface area contributed by atoms with Crippen molar-refractivity contribution in [3.63, 3.8) is 0 Å². The maximum atomic E-state index is 10.1. The highest BCUT2D eigenvalue weighted by molar-refractivity contribution is 5.43. The predicted octanol–water partition coefficient (Wildman–Crippen LogP) is 1.73. The Labute approximate surface area is 138 Å². The van der Waals surface area contributed by atoms with Gasteiger partial charge in [-0.15, -0.1) is 0 Å². The number of hydrogen-bond acceptors (Lipinski definition) is 5. The summed E-state index contributed by atoms with van der Waals surface area (Å²) in [7, 11) is 0. The highest BCUT2D eigenvalue weighted by atomic mass is 16.5. The Morgan fingerprint density at radius 2 is 2.17 bits per heavy atom. The third kappa shape index (κ3) is 5.46. The third-order valence-electron chi connectivity index (χ3n) is 4.52. The van der Waals surface area contributed by atoms with Crippen LogP contribution in [-0.2, 0) is 9.47 Å². The Balaban J connectivity index is 1.31. The average molecular weight is 320 g/mol. The molecule has 0 saturated carbocycles. The van der Waals surface area contributed by atoms with Crippen LogP contribution in [0.5, 0.6) is 0 Å². The quantitative estimate of drug-likeness (QED) is 0.764. The second kappa shape index (κ2) is 8.64. The van der Waals surface area contributed by atoms with Gasteiger partial charge in [-0.3, -0.25) is 4.90 Å². The predicted molar refractivity (Wildman–Crippen MR) is 90.7 cm³/mol. The lowest BCUT2D eigenvalue weighted by Crippen LogP contribution is -2.35. The van der Waals surface area contributed by atoms with Gasteiger partial charge in [0.05, 0.1) is 25.4 Å². The summed E-state index contributed by atoms with van der Waals surface area (Å²) in [4.78, 5) is 2.31. The van der Waals surface area contributed by atoms with Crippen molar-refractivity contribution in [2.45, 2.75) is 37.5 Å². The Hall–Kier alpha value is -1.14. The van der Waals surface area contributed by atoms with Gasteiger partial charge < -0.3 is 19.9 Å². The van der Waals surface area contributed by atoms with E-state index in [1.165, 1.54) is 5.69 Å². The number of likely N-dealkylation sites (tertiary alicyclic amines) is 1. The summed E-state index contributed by atoms with van der Waals surface area (Å²) in [5, 5.41) is 13.7. The fraction of sp³-hybridized carbons (Fsp3) is 0.667. The summed E-state index contributed by atoms with van der Waals surface area (Å²) in [6, 6.07) is 10.8. The maximum Gasteiger partial charge on any atom is 0.0900 e. The molecule has 2 aliphatic rings. The van der Waals surface area contributed by atoms with E-state index in [9.17, 15) is 5.11 Å². The van der Waals surface area contributed by atoms with Gasteiger partial charge >= 0.3 is 0 Å². The lowest BCUT2D eigenvalue weighted by Gasteiger charge is -2.21. The summed E-state index contributed by atoms with van der Waals surface area (Å²) in [5.41, 5.74) is 1.17. The number of anilines is 1. The number of β-amino-alcohol motifs (C(OH)–C–C–N with tert-alkyl or cyclic N) is 1. The fourth-order valence-corrected chi connectivity index (χ4v) is 3.35. The molecule has 0 bridgehead atoms. The summed E-state index contributed by atoms with van der Waals surface area (Å²) < 4.78 is 11.1. The lowest BCUT2D eigenvalue weighted by atomic mass is 10.2. The highest BCUT2D eigenvalue weighted by Gasteiger charge is 2.24. The van der Waals surface area contributed by atoms with E-state index in [2.05, 4.69) is 22.3 Å². The van der Waals surface area contributed by atoms with Gasteiger partial charge in [-0.2, -0.15) is 0 Å². The molecule has 5 nitrogen and oxygen atoms in total. The zero-order valence-corrected chi connectivity index (χ0v) is 13.7. The molecule has 0 spiro atoms. The Bertz CT molecular complexity index is 451. The highest BCUT2D eigenvalue weighted by Crippen LogP contribution is 2.16. The van der Waals surface area contributed by atoms with Crippen molar-refractivity contribution in [3.8, 4) is 0 Å². The lowest BCUT2D eigenvalue weighted by molar-refractivity contribution is -0.0236. The van der Waals surface area contributed by atoms with Crippen molar-refractivity contribution in [1.29, 1.82) is 0 Å². The van der Waals surface area contributed by atoms with Crippen molar-refractivity contribution < 1.29 is 14.6 Å². The maximum absolute atomic E-state index is 10.1. The smallest absolute Gasteiger partial charge is 0.0900 e. The van der Waals surface area contributed by atoms with Gasteiger partial charge in [0.15, 0.2) is 0 Å². The monoisotopic (exact) mass is 320 g/mol. The first-order valence-electron chi connectivity index (χ1n) is 8.71. The number of benzene rings is 1. The third-order valence-corrected chi connectivity index (χ3v) is 4.52. The minimum Gasteiger partial charge on any atom is -0.389 e. The minimum absolute atomic E-state index is 0.230. The molecule has 0 aromatic heterocycles. The van der Waals surface area contributed by atoms with E-state index in [1.54, 1.807) is 0 Å². The van der Waals surface area contributed by atoms with Crippen molar-refractivity contribution >= 4 is 5.69 Å². The first-order valence-corrected chi connectivity index (χ1v) is 8.71. The number of ether oxygens (including phenoxy) is 2. The molecule has 1 aromatic rings. The summed E-state index contributed by atoms with van der Waals surface area (Å²) >= 11 is 0. The van der Waals surface area contributed by atoms with Crippen LogP contribution in [0.3, 0.4) is 0 Å². The van der Waals surface area contributed by atoms with E-state index in [1.807, 2.05) is 18.2 Å². The van der Waals surface area contributed by atoms with Crippen LogP contribution in [0.15, 0.2) is 30.3 Å². The molecule has 2 heterocycles. The number of aliphatic hydroxyl groups excluding tert-OH is 1. The van der Waals surface area contributed by atoms with Crippen LogP contribution in [0.1, 0.15) is 19.3 Å². The largest absolute Gasteiger partial charge is 0.389 e. The van der Waals surface area contributed by atoms with Gasteiger partial charge in [-0.05, 0) is 31.4 Å². The summed E-state index contributed by atoms with van der Waals surface area (Å²) in [6.45, 7) is 4.52. The van der Waals surface area contributed by atoms with Crippen LogP contribution < -0.4 is 5.32 Å². The molecule has 3 atom stereocenters. The van der Waals surface area contributed by atoms with Crippen molar-refractivity contribution in [3.05, 3.63) is 30.3 Å². The van der Waals surface area contributed by atoms with Crippen LogP contribution in [0, 0.1) is 0 Å². The minimum atomic E-state index is -0.424. The van der Waals surface area contributed by atoms with Crippen LogP contribution in [0.25, 0.3) is 0 Å². The molecule has 1 aromatic carbocycles. The second-order valence-electron chi connectivity index (χ2n) is 6.58. The molecular weight excluding hydrogens is 292 g/mol. The van der Waals surface area contributed by atoms with Crippen molar-refractivity contribution in [2.24, 2.45) is 0 Å². The van der Waals surface area contributed by atoms with Crippen molar-refractivity contribution in [2.75, 3.05) is 44.8 Å². The van der Waals surface area contributed by atoms with Crippen LogP contribution in [-0.4, -0.2) is 67.7 Å². The Morgan fingerprint density at radius 3 is 2.96 bits per heavy atom. The molecule has 2 aliphatic heterocycles.